The molecule has 1 aliphatic carbocycles. The number of aryl methyl sites for hydroxylation is 1. The third kappa shape index (κ3) is 2.12. The van der Waals surface area contributed by atoms with E-state index in [2.05, 4.69) is 9.97 Å². The second-order valence-electron chi connectivity index (χ2n) is 5.18. The van der Waals surface area contributed by atoms with Crippen LogP contribution in [-0.4, -0.2) is 16.5 Å². The highest BCUT2D eigenvalue weighted by atomic mass is 19.1. The number of hydrogen-bond acceptors (Lipinski definition) is 3. The number of hydrogen-bond donors (Lipinski definition) is 1. The Morgan fingerprint density at radius 3 is 2.63 bits per heavy atom. The summed E-state index contributed by atoms with van der Waals surface area (Å²) >= 11 is 0. The third-order valence-electron chi connectivity index (χ3n) is 3.72. The van der Waals surface area contributed by atoms with Crippen LogP contribution in [0, 0.1) is 12.7 Å². The van der Waals surface area contributed by atoms with E-state index < -0.39 is 0 Å². The summed E-state index contributed by atoms with van der Waals surface area (Å²) in [5, 5.41) is 0. The molecular formula is C15H16FN3. The molecule has 1 saturated carbocycles. The van der Waals surface area contributed by atoms with Gasteiger partial charge in [0.1, 0.15) is 11.6 Å². The highest BCUT2D eigenvalue weighted by molar-refractivity contribution is 5.60. The molecule has 0 bridgehead atoms. The van der Waals surface area contributed by atoms with Crippen molar-refractivity contribution >= 4 is 0 Å². The average molecular weight is 257 g/mol. The lowest BCUT2D eigenvalue weighted by atomic mass is 10.1. The zero-order valence-electron chi connectivity index (χ0n) is 10.9. The fourth-order valence-corrected chi connectivity index (χ4v) is 2.28. The summed E-state index contributed by atoms with van der Waals surface area (Å²) in [4.78, 5) is 9.02. The van der Waals surface area contributed by atoms with Crippen molar-refractivity contribution < 1.29 is 4.39 Å². The van der Waals surface area contributed by atoms with E-state index in [1.54, 1.807) is 12.1 Å². The van der Waals surface area contributed by atoms with Crippen LogP contribution in [0.5, 0.6) is 0 Å². The second-order valence-corrected chi connectivity index (χ2v) is 5.18. The van der Waals surface area contributed by atoms with Crippen molar-refractivity contribution in [1.82, 2.24) is 9.97 Å². The van der Waals surface area contributed by atoms with Gasteiger partial charge in [-0.2, -0.15) is 0 Å². The summed E-state index contributed by atoms with van der Waals surface area (Å²) in [6, 6.07) is 8.49. The number of halogens is 1. The smallest absolute Gasteiger partial charge is 0.136 e. The Morgan fingerprint density at radius 1 is 1.26 bits per heavy atom. The van der Waals surface area contributed by atoms with E-state index in [9.17, 15) is 4.39 Å². The lowest BCUT2D eigenvalue weighted by molar-refractivity contribution is 0.627. The number of benzene rings is 1. The second kappa shape index (κ2) is 4.38. The van der Waals surface area contributed by atoms with Crippen LogP contribution in [0.2, 0.25) is 0 Å². The molecule has 1 heterocycles. The standard InChI is InChI=1S/C15H16FN3/c1-10-8-13(11-4-2-3-5-12(11)16)19-14(18-10)15(9-17)6-7-15/h2-5,8H,6-7,9,17H2,1H3. The largest absolute Gasteiger partial charge is 0.329 e. The van der Waals surface area contributed by atoms with Gasteiger partial charge in [-0.15, -0.1) is 0 Å². The van der Waals surface area contributed by atoms with Gasteiger partial charge in [0.05, 0.1) is 5.69 Å². The highest BCUT2D eigenvalue weighted by Crippen LogP contribution is 2.45. The first kappa shape index (κ1) is 12.2. The van der Waals surface area contributed by atoms with E-state index in [-0.39, 0.29) is 11.2 Å². The number of rotatable bonds is 3. The normalized spacial score (nSPS) is 16.4. The van der Waals surface area contributed by atoms with Crippen molar-refractivity contribution in [3.05, 3.63) is 47.7 Å². The maximum absolute atomic E-state index is 13.8. The molecule has 0 aliphatic heterocycles. The lowest BCUT2D eigenvalue weighted by Gasteiger charge is -2.13. The predicted octanol–water partition coefficient (Wildman–Crippen LogP) is 2.58. The van der Waals surface area contributed by atoms with Crippen molar-refractivity contribution in [3.63, 3.8) is 0 Å². The van der Waals surface area contributed by atoms with Gasteiger partial charge in [-0.05, 0) is 38.0 Å². The summed E-state index contributed by atoms with van der Waals surface area (Å²) in [6.45, 7) is 2.45. The molecule has 4 heteroatoms. The fourth-order valence-electron chi connectivity index (χ4n) is 2.28. The van der Waals surface area contributed by atoms with Gasteiger partial charge in [-0.1, -0.05) is 12.1 Å². The number of aromatic nitrogens is 2. The minimum absolute atomic E-state index is 0.0774. The molecule has 3 rings (SSSR count). The van der Waals surface area contributed by atoms with Crippen molar-refractivity contribution in [2.24, 2.45) is 5.73 Å². The van der Waals surface area contributed by atoms with Crippen LogP contribution in [0.15, 0.2) is 30.3 Å². The van der Waals surface area contributed by atoms with Crippen LogP contribution >= 0.6 is 0 Å². The average Bonchev–Trinajstić information content (AvgIpc) is 3.19. The summed E-state index contributed by atoms with van der Waals surface area (Å²) in [5.74, 6) is 0.498. The minimum atomic E-state index is -0.260. The van der Waals surface area contributed by atoms with Crippen LogP contribution in [0.3, 0.4) is 0 Å². The van der Waals surface area contributed by atoms with Gasteiger partial charge >= 0.3 is 0 Å². The van der Waals surface area contributed by atoms with Crippen molar-refractivity contribution in [2.75, 3.05) is 6.54 Å². The van der Waals surface area contributed by atoms with Crippen LogP contribution in [0.25, 0.3) is 11.3 Å². The Kier molecular flexibility index (Phi) is 2.82. The molecule has 1 fully saturated rings. The van der Waals surface area contributed by atoms with Crippen molar-refractivity contribution in [2.45, 2.75) is 25.2 Å². The van der Waals surface area contributed by atoms with Crippen molar-refractivity contribution in [3.8, 4) is 11.3 Å². The Labute approximate surface area is 111 Å². The van der Waals surface area contributed by atoms with Gasteiger partial charge in [0, 0.05) is 23.2 Å². The van der Waals surface area contributed by atoms with E-state index in [0.717, 1.165) is 24.4 Å². The lowest BCUT2D eigenvalue weighted by Crippen LogP contribution is -2.23. The first-order chi connectivity index (χ1) is 9.14. The Bertz CT molecular complexity index is 621. The quantitative estimate of drug-likeness (QED) is 0.919. The maximum atomic E-state index is 13.8. The van der Waals surface area contributed by atoms with Gasteiger partial charge < -0.3 is 5.73 Å². The molecule has 98 valence electrons. The number of nitrogens with two attached hydrogens (primary N) is 1. The van der Waals surface area contributed by atoms with E-state index in [1.165, 1.54) is 6.07 Å². The van der Waals surface area contributed by atoms with Crippen LogP contribution in [-0.2, 0) is 5.41 Å². The molecule has 1 aliphatic rings. The molecule has 0 spiro atoms. The SMILES string of the molecule is Cc1cc(-c2ccccc2F)nc(C2(CN)CC2)n1. The fraction of sp³-hybridized carbons (Fsp3) is 0.333. The maximum Gasteiger partial charge on any atom is 0.136 e. The molecular weight excluding hydrogens is 241 g/mol. The molecule has 0 atom stereocenters. The zero-order valence-corrected chi connectivity index (χ0v) is 10.9. The molecule has 1 aromatic heterocycles. The summed E-state index contributed by atoms with van der Waals surface area (Å²) in [7, 11) is 0. The topological polar surface area (TPSA) is 51.8 Å². The van der Waals surface area contributed by atoms with E-state index in [1.807, 2.05) is 19.1 Å². The highest BCUT2D eigenvalue weighted by Gasteiger charge is 2.46. The first-order valence-electron chi connectivity index (χ1n) is 6.46. The molecule has 0 radical (unpaired) electrons. The molecule has 0 unspecified atom stereocenters. The third-order valence-corrected chi connectivity index (χ3v) is 3.72. The van der Waals surface area contributed by atoms with Crippen LogP contribution in [0.1, 0.15) is 24.4 Å². The van der Waals surface area contributed by atoms with E-state index in [0.29, 0.717) is 17.8 Å². The van der Waals surface area contributed by atoms with Gasteiger partial charge in [0.2, 0.25) is 0 Å². The molecule has 3 nitrogen and oxygen atoms in total. The van der Waals surface area contributed by atoms with Gasteiger partial charge in [0.25, 0.3) is 0 Å². The van der Waals surface area contributed by atoms with Gasteiger partial charge in [0.15, 0.2) is 0 Å². The zero-order chi connectivity index (χ0) is 13.5. The monoisotopic (exact) mass is 257 g/mol. The van der Waals surface area contributed by atoms with E-state index in [4.69, 9.17) is 5.73 Å². The molecule has 2 aromatic rings. The summed E-state index contributed by atoms with van der Waals surface area (Å²) in [5.41, 5.74) is 7.74. The number of nitrogens with zero attached hydrogens (tertiary/aromatic N) is 2. The molecule has 1 aromatic carbocycles. The Morgan fingerprint density at radius 2 is 2.00 bits per heavy atom. The summed E-state index contributed by atoms with van der Waals surface area (Å²) < 4.78 is 13.8. The first-order valence-corrected chi connectivity index (χ1v) is 6.46. The van der Waals surface area contributed by atoms with Gasteiger partial charge in [-0.3, -0.25) is 0 Å². The predicted molar refractivity (Wildman–Crippen MR) is 72.1 cm³/mol. The molecule has 0 saturated heterocycles. The Hall–Kier alpha value is -1.81. The van der Waals surface area contributed by atoms with Crippen molar-refractivity contribution in [1.29, 1.82) is 0 Å². The summed E-state index contributed by atoms with van der Waals surface area (Å²) in [6.07, 6.45) is 2.04. The van der Waals surface area contributed by atoms with E-state index >= 15 is 0 Å². The molecule has 0 amide bonds. The minimum Gasteiger partial charge on any atom is -0.329 e. The Balaban J connectivity index is 2.11. The van der Waals surface area contributed by atoms with Crippen LogP contribution < -0.4 is 5.73 Å². The van der Waals surface area contributed by atoms with Gasteiger partial charge in [-0.25, -0.2) is 14.4 Å². The molecule has 2 N–H and O–H groups in total. The van der Waals surface area contributed by atoms with Crippen LogP contribution in [0.4, 0.5) is 4.39 Å². The molecule has 19 heavy (non-hydrogen) atoms.